The second-order valence-electron chi connectivity index (χ2n) is 5.11. The fourth-order valence-corrected chi connectivity index (χ4v) is 2.76. The van der Waals surface area contributed by atoms with Crippen molar-refractivity contribution in [1.29, 1.82) is 0 Å². The Morgan fingerprint density at radius 1 is 1.29 bits per heavy atom. The van der Waals surface area contributed by atoms with Crippen LogP contribution in [0.1, 0.15) is 15.9 Å². The van der Waals surface area contributed by atoms with Crippen molar-refractivity contribution in [2.45, 2.75) is 6.54 Å². The van der Waals surface area contributed by atoms with E-state index in [4.69, 9.17) is 28.6 Å². The molecular formula is C17H14ClN3O2S. The first-order chi connectivity index (χ1) is 11.6. The van der Waals surface area contributed by atoms with Crippen molar-refractivity contribution in [3.63, 3.8) is 0 Å². The molecule has 0 saturated carbocycles. The first kappa shape index (κ1) is 16.4. The number of H-pyrrole nitrogens is 1. The molecule has 0 spiro atoms. The molecule has 1 N–H and O–H groups in total. The van der Waals surface area contributed by atoms with Crippen LogP contribution in [0.2, 0.25) is 5.02 Å². The van der Waals surface area contributed by atoms with Crippen LogP contribution in [-0.4, -0.2) is 27.8 Å². The van der Waals surface area contributed by atoms with E-state index in [1.807, 2.05) is 24.3 Å². The van der Waals surface area contributed by atoms with E-state index in [0.29, 0.717) is 27.7 Å². The molecule has 1 heterocycles. The summed E-state index contributed by atoms with van der Waals surface area (Å²) in [6.45, 7) is 0.459. The normalized spacial score (nSPS) is 10.6. The van der Waals surface area contributed by atoms with Crippen LogP contribution in [0.5, 0.6) is 0 Å². The van der Waals surface area contributed by atoms with Gasteiger partial charge in [-0.2, -0.15) is 4.98 Å². The van der Waals surface area contributed by atoms with Crippen molar-refractivity contribution < 1.29 is 9.53 Å². The van der Waals surface area contributed by atoms with Crippen molar-refractivity contribution in [2.24, 2.45) is 0 Å². The second-order valence-corrected chi connectivity index (χ2v) is 5.89. The molecule has 0 radical (unpaired) electrons. The van der Waals surface area contributed by atoms with Gasteiger partial charge in [-0.05, 0) is 42.0 Å². The lowest BCUT2D eigenvalue weighted by molar-refractivity contribution is 0.0600. The van der Waals surface area contributed by atoms with Crippen LogP contribution in [0.4, 0.5) is 0 Å². The van der Waals surface area contributed by atoms with Gasteiger partial charge in [-0.1, -0.05) is 35.9 Å². The van der Waals surface area contributed by atoms with E-state index in [1.165, 1.54) is 7.11 Å². The Labute approximate surface area is 148 Å². The molecule has 5 nitrogen and oxygen atoms in total. The van der Waals surface area contributed by atoms with Crippen LogP contribution in [0.25, 0.3) is 11.4 Å². The fourth-order valence-electron chi connectivity index (χ4n) is 2.33. The van der Waals surface area contributed by atoms with Crippen LogP contribution < -0.4 is 0 Å². The lowest BCUT2D eigenvalue weighted by atomic mass is 10.1. The Hall–Kier alpha value is -2.44. The number of carbonyl (C=O) groups excluding carboxylic acids is 1. The third-order valence-corrected chi connectivity index (χ3v) is 4.14. The number of halogens is 1. The number of hydrogen-bond acceptors (Lipinski definition) is 4. The number of benzene rings is 2. The molecule has 0 atom stereocenters. The number of methoxy groups -OCH3 is 1. The van der Waals surface area contributed by atoms with Gasteiger partial charge in [0.1, 0.15) is 0 Å². The van der Waals surface area contributed by atoms with Crippen LogP contribution in [-0.2, 0) is 11.3 Å². The van der Waals surface area contributed by atoms with Gasteiger partial charge in [0.25, 0.3) is 0 Å². The van der Waals surface area contributed by atoms with Gasteiger partial charge in [-0.15, -0.1) is 0 Å². The minimum atomic E-state index is -0.373. The summed E-state index contributed by atoms with van der Waals surface area (Å²) in [7, 11) is 1.36. The lowest BCUT2D eigenvalue weighted by Gasteiger charge is -2.05. The average Bonchev–Trinajstić information content (AvgIpc) is 2.95. The van der Waals surface area contributed by atoms with Crippen LogP contribution in [0.3, 0.4) is 0 Å². The summed E-state index contributed by atoms with van der Waals surface area (Å²) in [5, 5.41) is 3.75. The number of nitrogens with zero attached hydrogens (tertiary/aromatic N) is 2. The third kappa shape index (κ3) is 3.39. The second kappa shape index (κ2) is 6.98. The number of esters is 1. The minimum absolute atomic E-state index is 0.373. The molecule has 0 aliphatic carbocycles. The predicted molar refractivity (Wildman–Crippen MR) is 94.7 cm³/mol. The number of aromatic nitrogens is 3. The topological polar surface area (TPSA) is 59.9 Å². The Balaban J connectivity index is 1.91. The van der Waals surface area contributed by atoms with Crippen molar-refractivity contribution in [1.82, 2.24) is 14.8 Å². The molecule has 1 aromatic heterocycles. The minimum Gasteiger partial charge on any atom is -0.465 e. The molecule has 3 aromatic rings. The Bertz CT molecular complexity index is 949. The predicted octanol–water partition coefficient (Wildman–Crippen LogP) is 4.10. The van der Waals surface area contributed by atoms with Gasteiger partial charge in [0.05, 0.1) is 24.2 Å². The number of carbonyl (C=O) groups is 1. The maximum absolute atomic E-state index is 11.6. The molecule has 3 rings (SSSR count). The Morgan fingerprint density at radius 2 is 2.08 bits per heavy atom. The molecule has 7 heteroatoms. The highest BCUT2D eigenvalue weighted by Crippen LogP contribution is 2.24. The molecule has 24 heavy (non-hydrogen) atoms. The molecule has 0 fully saturated rings. The highest BCUT2D eigenvalue weighted by Gasteiger charge is 2.10. The quantitative estimate of drug-likeness (QED) is 0.563. The molecule has 0 bridgehead atoms. The van der Waals surface area contributed by atoms with Gasteiger partial charge in [0.15, 0.2) is 5.82 Å². The zero-order chi connectivity index (χ0) is 17.1. The van der Waals surface area contributed by atoms with E-state index in [-0.39, 0.29) is 5.97 Å². The molecule has 0 aliphatic heterocycles. The van der Waals surface area contributed by atoms with Gasteiger partial charge in [0.2, 0.25) is 4.77 Å². The summed E-state index contributed by atoms with van der Waals surface area (Å²) in [6.07, 6.45) is 0. The van der Waals surface area contributed by atoms with E-state index in [9.17, 15) is 4.79 Å². The largest absolute Gasteiger partial charge is 0.465 e. The fraction of sp³-hybridized carbons (Fsp3) is 0.118. The van der Waals surface area contributed by atoms with Crippen molar-refractivity contribution in [3.05, 3.63) is 69.5 Å². The number of ether oxygens (including phenoxy) is 1. The molecule has 122 valence electrons. The average molecular weight is 360 g/mol. The smallest absolute Gasteiger partial charge is 0.337 e. The van der Waals surface area contributed by atoms with Crippen molar-refractivity contribution >= 4 is 29.8 Å². The molecule has 0 unspecified atom stereocenters. The first-order valence-corrected chi connectivity index (χ1v) is 7.96. The maximum atomic E-state index is 11.6. The van der Waals surface area contributed by atoms with E-state index >= 15 is 0 Å². The number of hydrogen-bond donors (Lipinski definition) is 1. The first-order valence-electron chi connectivity index (χ1n) is 7.17. The van der Waals surface area contributed by atoms with E-state index in [2.05, 4.69) is 10.1 Å². The van der Waals surface area contributed by atoms with Gasteiger partial charge in [0, 0.05) is 5.56 Å². The summed E-state index contributed by atoms with van der Waals surface area (Å²) in [5.41, 5.74) is 2.18. The molecule has 2 aromatic carbocycles. The van der Waals surface area contributed by atoms with Crippen LogP contribution >= 0.6 is 23.8 Å². The summed E-state index contributed by atoms with van der Waals surface area (Å²) in [6, 6.07) is 14.6. The van der Waals surface area contributed by atoms with Crippen LogP contribution in [0.15, 0.2) is 48.5 Å². The zero-order valence-electron chi connectivity index (χ0n) is 12.8. The standard InChI is InChI=1S/C17H14ClN3O2S/c1-23-16(22)12-6-4-5-11(9-12)10-21-17(24)19-15(20-21)13-7-2-3-8-14(13)18/h2-9H,10H2,1H3,(H,19,20,24). The molecule has 0 amide bonds. The SMILES string of the molecule is COC(=O)c1cccc(Cn2[nH]c(-c3ccccc3Cl)nc2=S)c1. The highest BCUT2D eigenvalue weighted by molar-refractivity contribution is 7.71. The Morgan fingerprint density at radius 3 is 2.83 bits per heavy atom. The number of rotatable bonds is 4. The summed E-state index contributed by atoms with van der Waals surface area (Å²) >= 11 is 11.5. The number of nitrogens with one attached hydrogen (secondary N) is 1. The number of aromatic amines is 1. The van der Waals surface area contributed by atoms with E-state index in [1.54, 1.807) is 28.9 Å². The lowest BCUT2D eigenvalue weighted by Crippen LogP contribution is -2.05. The van der Waals surface area contributed by atoms with E-state index < -0.39 is 0 Å². The van der Waals surface area contributed by atoms with Gasteiger partial charge < -0.3 is 4.74 Å². The van der Waals surface area contributed by atoms with Gasteiger partial charge in [-0.3, -0.25) is 9.78 Å². The molecule has 0 saturated heterocycles. The van der Waals surface area contributed by atoms with E-state index in [0.717, 1.165) is 11.1 Å². The monoisotopic (exact) mass is 359 g/mol. The summed E-state index contributed by atoms with van der Waals surface area (Å²) in [5.74, 6) is 0.233. The van der Waals surface area contributed by atoms with Gasteiger partial charge >= 0.3 is 5.97 Å². The summed E-state index contributed by atoms with van der Waals surface area (Å²) in [4.78, 5) is 16.0. The molecular weight excluding hydrogens is 346 g/mol. The Kier molecular flexibility index (Phi) is 4.78. The highest BCUT2D eigenvalue weighted by atomic mass is 35.5. The summed E-state index contributed by atoms with van der Waals surface area (Å²) < 4.78 is 6.88. The van der Waals surface area contributed by atoms with Crippen LogP contribution in [0, 0.1) is 4.77 Å². The third-order valence-electron chi connectivity index (χ3n) is 3.50. The van der Waals surface area contributed by atoms with Crippen molar-refractivity contribution in [2.75, 3.05) is 7.11 Å². The maximum Gasteiger partial charge on any atom is 0.337 e. The zero-order valence-corrected chi connectivity index (χ0v) is 14.4. The molecule has 0 aliphatic rings. The van der Waals surface area contributed by atoms with Crippen molar-refractivity contribution in [3.8, 4) is 11.4 Å². The van der Waals surface area contributed by atoms with Gasteiger partial charge in [-0.25, -0.2) is 4.79 Å².